The topological polar surface area (TPSA) is 333 Å². The summed E-state index contributed by atoms with van der Waals surface area (Å²) in [5.74, 6) is -2.32. The zero-order chi connectivity index (χ0) is 52.2. The third-order valence-electron chi connectivity index (χ3n) is 13.1. The predicted molar refractivity (Wildman–Crippen MR) is 260 cm³/mol. The second kappa shape index (κ2) is 21.8. The van der Waals surface area contributed by atoms with Gasteiger partial charge in [-0.3, -0.25) is 28.7 Å². The highest BCUT2D eigenvalue weighted by Crippen LogP contribution is 2.43. The van der Waals surface area contributed by atoms with Gasteiger partial charge in [-0.25, -0.2) is 28.2 Å². The van der Waals surface area contributed by atoms with Crippen molar-refractivity contribution in [1.82, 2.24) is 55.8 Å². The summed E-state index contributed by atoms with van der Waals surface area (Å²) in [4.78, 5) is 93.5. The predicted octanol–water partition coefficient (Wildman–Crippen LogP) is 1.01. The molecular formula is C48H58N12O12S. The van der Waals surface area contributed by atoms with Gasteiger partial charge in [0.05, 0.1) is 41.8 Å². The first-order valence-corrected chi connectivity index (χ1v) is 26.0. The molecule has 388 valence electrons. The van der Waals surface area contributed by atoms with Gasteiger partial charge in [-0.05, 0) is 68.7 Å². The van der Waals surface area contributed by atoms with E-state index in [1.807, 2.05) is 0 Å². The number of fused-ring (bicyclic) bond motifs is 6. The first-order valence-electron chi connectivity index (χ1n) is 24.1. The Labute approximate surface area is 419 Å². The van der Waals surface area contributed by atoms with Crippen molar-refractivity contribution in [3.05, 3.63) is 69.4 Å². The molecule has 1 aromatic carbocycles. The summed E-state index contributed by atoms with van der Waals surface area (Å²) in [6, 6.07) is 3.04. The quantitative estimate of drug-likeness (QED) is 0.0314. The fourth-order valence-corrected chi connectivity index (χ4v) is 9.50. The van der Waals surface area contributed by atoms with Crippen molar-refractivity contribution in [3.63, 3.8) is 0 Å². The summed E-state index contributed by atoms with van der Waals surface area (Å²) < 4.78 is 43.0. The van der Waals surface area contributed by atoms with Gasteiger partial charge in [0.2, 0.25) is 45.4 Å². The summed E-state index contributed by atoms with van der Waals surface area (Å²) in [6.45, 7) is 5.31. The van der Waals surface area contributed by atoms with Gasteiger partial charge in [0.25, 0.3) is 5.56 Å². The molecule has 0 spiro atoms. The number of carbonyl (C=O) groups is 5. The average molecular weight is 1030 g/mol. The first-order chi connectivity index (χ1) is 34.9. The number of benzene rings is 1. The number of nitrogens with one attached hydrogen (secondary N) is 4. The van der Waals surface area contributed by atoms with Crippen LogP contribution in [0.5, 0.6) is 11.5 Å². The fourth-order valence-electron chi connectivity index (χ4n) is 9.01. The van der Waals surface area contributed by atoms with Crippen molar-refractivity contribution < 1.29 is 51.7 Å². The number of nitrogens with two attached hydrogens (primary N) is 1. The molecule has 4 aromatic heterocycles. The summed E-state index contributed by atoms with van der Waals surface area (Å²) >= 11 is 0. The van der Waals surface area contributed by atoms with Crippen LogP contribution in [0, 0.1) is 5.92 Å². The Balaban J connectivity index is 0.868. The highest BCUT2D eigenvalue weighted by atomic mass is 32.2. The zero-order valence-electron chi connectivity index (χ0n) is 40.9. The van der Waals surface area contributed by atoms with E-state index in [1.54, 1.807) is 49.8 Å². The standard InChI is InChI=1S/C48H58N12O12S/c1-5-48(67)32-16-36-42-30(22-60(36)45(65)31(32)24-70-46(48)66)29(28-15-37-38(72-25-71-37)17-34(28)54-42)20-50-40(62)21-51-43(63)33(11-8-9-13-49)55-44(64)41(26(2)3)56-39(61)12-7-6-10-14-59-23-35(57-58-59)27-18-52-47(53-19-27)73(4,68)69/h15-19,23,26,33,41,67H,5-14,20-22,24-25,49H2,1-4H3,(H,50,62)(H,51,63)(H,55,64)(H,56,61)/t33-,41-,48-/m0/s1. The number of pyridine rings is 2. The molecule has 7 heterocycles. The van der Waals surface area contributed by atoms with Gasteiger partial charge < -0.3 is 50.9 Å². The highest BCUT2D eigenvalue weighted by Gasteiger charge is 2.45. The van der Waals surface area contributed by atoms with Gasteiger partial charge in [0, 0.05) is 66.3 Å². The summed E-state index contributed by atoms with van der Waals surface area (Å²) in [5, 5.41) is 31.1. The van der Waals surface area contributed by atoms with Crippen LogP contribution in [0.15, 0.2) is 46.7 Å². The van der Waals surface area contributed by atoms with Crippen LogP contribution in [-0.4, -0.2) is 116 Å². The van der Waals surface area contributed by atoms with Crippen LogP contribution in [0.3, 0.4) is 0 Å². The first kappa shape index (κ1) is 52.0. The molecule has 0 unspecified atom stereocenters. The lowest BCUT2D eigenvalue weighted by atomic mass is 9.86. The Bertz CT molecular complexity index is 3140. The van der Waals surface area contributed by atoms with E-state index in [2.05, 4.69) is 41.5 Å². The van der Waals surface area contributed by atoms with Crippen molar-refractivity contribution in [3.8, 4) is 34.1 Å². The minimum Gasteiger partial charge on any atom is -0.458 e. The summed E-state index contributed by atoms with van der Waals surface area (Å²) in [7, 11) is -3.54. The Morgan fingerprint density at radius 1 is 0.918 bits per heavy atom. The number of aryl methyl sites for hydroxylation is 1. The molecule has 0 bridgehead atoms. The van der Waals surface area contributed by atoms with Crippen LogP contribution in [-0.2, 0) is 70.4 Å². The molecule has 4 amide bonds. The number of hydrogen-bond acceptors (Lipinski definition) is 18. The van der Waals surface area contributed by atoms with Gasteiger partial charge in [-0.2, -0.15) is 0 Å². The Kier molecular flexibility index (Phi) is 15.5. The lowest BCUT2D eigenvalue weighted by molar-refractivity contribution is -0.172. The van der Waals surface area contributed by atoms with Crippen LogP contribution < -0.4 is 42.0 Å². The van der Waals surface area contributed by atoms with E-state index in [9.17, 15) is 42.3 Å². The third kappa shape index (κ3) is 11.2. The number of ether oxygens (including phenoxy) is 3. The molecule has 0 saturated heterocycles. The number of carbonyl (C=O) groups excluding carboxylic acids is 5. The maximum absolute atomic E-state index is 14.0. The number of unbranched alkanes of at least 4 members (excludes halogenated alkanes) is 3. The van der Waals surface area contributed by atoms with E-state index in [0.717, 1.165) is 6.26 Å². The number of sulfone groups is 1. The molecule has 3 aliphatic heterocycles. The molecule has 25 heteroatoms. The van der Waals surface area contributed by atoms with Gasteiger partial charge in [-0.15, -0.1) is 5.10 Å². The molecule has 0 aliphatic carbocycles. The number of hydrogen-bond donors (Lipinski definition) is 6. The molecule has 0 saturated carbocycles. The minimum atomic E-state index is -3.54. The largest absolute Gasteiger partial charge is 0.458 e. The molecule has 5 aromatic rings. The molecule has 0 fully saturated rings. The minimum absolute atomic E-state index is 0.000951. The van der Waals surface area contributed by atoms with E-state index in [0.29, 0.717) is 101 Å². The number of esters is 1. The Morgan fingerprint density at radius 3 is 2.38 bits per heavy atom. The van der Waals surface area contributed by atoms with Crippen LogP contribution in [0.25, 0.3) is 33.5 Å². The number of amides is 4. The number of cyclic esters (lactones) is 1. The molecule has 0 radical (unpaired) electrons. The zero-order valence-corrected chi connectivity index (χ0v) is 41.7. The normalized spacial score (nSPS) is 16.3. The van der Waals surface area contributed by atoms with Gasteiger partial charge in [0.15, 0.2) is 17.1 Å². The van der Waals surface area contributed by atoms with Crippen LogP contribution in [0.4, 0.5) is 0 Å². The van der Waals surface area contributed by atoms with E-state index in [-0.39, 0.29) is 73.9 Å². The number of rotatable bonds is 22. The second-order valence-electron chi connectivity index (χ2n) is 18.6. The third-order valence-corrected chi connectivity index (χ3v) is 14.0. The molecule has 73 heavy (non-hydrogen) atoms. The van der Waals surface area contributed by atoms with E-state index in [1.165, 1.54) is 17.0 Å². The van der Waals surface area contributed by atoms with Crippen molar-refractivity contribution in [2.75, 3.05) is 26.1 Å². The molecule has 24 nitrogen and oxygen atoms in total. The number of nitrogens with zero attached hydrogens (tertiary/aromatic N) is 7. The van der Waals surface area contributed by atoms with Crippen LogP contribution in [0.2, 0.25) is 0 Å². The lowest BCUT2D eigenvalue weighted by Gasteiger charge is -2.31. The maximum atomic E-state index is 14.0. The molecule has 8 rings (SSSR count). The molecular weight excluding hydrogens is 969 g/mol. The van der Waals surface area contributed by atoms with Crippen molar-refractivity contribution >= 4 is 50.3 Å². The summed E-state index contributed by atoms with van der Waals surface area (Å²) in [5.41, 5.74) is 7.08. The highest BCUT2D eigenvalue weighted by molar-refractivity contribution is 7.90. The Morgan fingerprint density at radius 2 is 1.67 bits per heavy atom. The monoisotopic (exact) mass is 1030 g/mol. The second-order valence-corrected chi connectivity index (χ2v) is 20.5. The fraction of sp³-hybridized carbons (Fsp3) is 0.479. The summed E-state index contributed by atoms with van der Waals surface area (Å²) in [6.07, 6.45) is 8.73. The van der Waals surface area contributed by atoms with Crippen LogP contribution >= 0.6 is 0 Å². The van der Waals surface area contributed by atoms with E-state index in [4.69, 9.17) is 24.9 Å². The lowest BCUT2D eigenvalue weighted by Crippen LogP contribution is -2.56. The SMILES string of the molecule is CC[C@@]1(O)C(=O)OCc2c1cc1n(c2=O)Cc2c-1nc1cc3c(cc1c2CNC(=O)CNC(=O)[C@H](CCCCN)NC(=O)[C@@H](NC(=O)CCCCCn1cc(-c2cnc(S(C)(=O)=O)nc2)nn1)C(C)C)OCO3. The van der Waals surface area contributed by atoms with Gasteiger partial charge in [-0.1, -0.05) is 32.4 Å². The van der Waals surface area contributed by atoms with Gasteiger partial charge in [0.1, 0.15) is 24.4 Å². The van der Waals surface area contributed by atoms with Crippen molar-refractivity contribution in [2.45, 2.75) is 121 Å². The average Bonchev–Trinajstić information content (AvgIpc) is 4.13. The maximum Gasteiger partial charge on any atom is 0.343 e. The van der Waals surface area contributed by atoms with Crippen LogP contribution in [0.1, 0.15) is 94.4 Å². The van der Waals surface area contributed by atoms with Gasteiger partial charge >= 0.3 is 5.97 Å². The number of aliphatic hydroxyl groups is 1. The van der Waals surface area contributed by atoms with E-state index >= 15 is 0 Å². The molecule has 7 N–H and O–H groups in total. The van der Waals surface area contributed by atoms with E-state index < -0.39 is 63.3 Å². The van der Waals surface area contributed by atoms with Crippen molar-refractivity contribution in [2.24, 2.45) is 11.7 Å². The molecule has 3 atom stereocenters. The number of aromatic nitrogens is 7. The Hall–Kier alpha value is -7.38. The smallest absolute Gasteiger partial charge is 0.343 e. The van der Waals surface area contributed by atoms with Crippen molar-refractivity contribution in [1.29, 1.82) is 0 Å². The molecule has 3 aliphatic rings.